The van der Waals surface area contributed by atoms with Crippen molar-refractivity contribution in [2.45, 2.75) is 46.1 Å². The lowest BCUT2D eigenvalue weighted by Crippen LogP contribution is -2.26. The van der Waals surface area contributed by atoms with E-state index in [1.165, 1.54) is 18.4 Å². The summed E-state index contributed by atoms with van der Waals surface area (Å²) in [7, 11) is 2.04. The third-order valence-electron chi connectivity index (χ3n) is 2.28. The number of nitrogens with one attached hydrogen (secondary N) is 1. The molecular weight excluding hydrogens is 158 g/mol. The summed E-state index contributed by atoms with van der Waals surface area (Å²) in [5, 5.41) is 3.36. The lowest BCUT2D eigenvalue weighted by atomic mass is 10.00. The van der Waals surface area contributed by atoms with E-state index in [1.54, 1.807) is 0 Å². The van der Waals surface area contributed by atoms with Crippen molar-refractivity contribution >= 4 is 0 Å². The van der Waals surface area contributed by atoms with Crippen molar-refractivity contribution in [3.8, 4) is 0 Å². The predicted octanol–water partition coefficient (Wildman–Crippen LogP) is 3.29. The second kappa shape index (κ2) is 8.06. The van der Waals surface area contributed by atoms with E-state index in [1.807, 2.05) is 7.05 Å². The van der Waals surface area contributed by atoms with Crippen LogP contribution in [0.25, 0.3) is 0 Å². The molecular formula is C12H23N. The fourth-order valence-corrected chi connectivity index (χ4v) is 1.50. The molecule has 0 aromatic rings. The first kappa shape index (κ1) is 12.4. The van der Waals surface area contributed by atoms with E-state index < -0.39 is 0 Å². The van der Waals surface area contributed by atoms with E-state index in [0.29, 0.717) is 6.04 Å². The number of hydrogen-bond donors (Lipinski definition) is 1. The summed E-state index contributed by atoms with van der Waals surface area (Å²) in [4.78, 5) is 0. The fraction of sp³-hybridized carbons (Fsp3) is 0.667. The molecule has 13 heavy (non-hydrogen) atoms. The molecule has 0 fully saturated rings. The first-order valence-electron chi connectivity index (χ1n) is 5.29. The van der Waals surface area contributed by atoms with Crippen LogP contribution in [0.3, 0.4) is 0 Å². The molecule has 0 aliphatic carbocycles. The molecule has 0 spiro atoms. The lowest BCUT2D eigenvalue weighted by Gasteiger charge is -2.17. The number of allylic oxidation sites excluding steroid dienone is 3. The Morgan fingerprint density at radius 2 is 2.08 bits per heavy atom. The van der Waals surface area contributed by atoms with E-state index in [2.05, 4.69) is 44.3 Å². The molecule has 0 bridgehead atoms. The van der Waals surface area contributed by atoms with Crippen molar-refractivity contribution in [2.24, 2.45) is 0 Å². The molecule has 0 rings (SSSR count). The Bertz CT molecular complexity index is 168. The van der Waals surface area contributed by atoms with Gasteiger partial charge < -0.3 is 5.32 Å². The maximum Gasteiger partial charge on any atom is 0.0279 e. The van der Waals surface area contributed by atoms with Crippen LogP contribution >= 0.6 is 0 Å². The van der Waals surface area contributed by atoms with Crippen LogP contribution in [0.4, 0.5) is 0 Å². The van der Waals surface area contributed by atoms with Gasteiger partial charge in [0.15, 0.2) is 0 Å². The van der Waals surface area contributed by atoms with Crippen molar-refractivity contribution in [3.05, 3.63) is 23.8 Å². The van der Waals surface area contributed by atoms with E-state index in [4.69, 9.17) is 0 Å². The van der Waals surface area contributed by atoms with Crippen LogP contribution in [0, 0.1) is 0 Å². The fourth-order valence-electron chi connectivity index (χ4n) is 1.50. The highest BCUT2D eigenvalue weighted by Gasteiger charge is 2.07. The Labute approximate surface area is 82.9 Å². The first-order valence-corrected chi connectivity index (χ1v) is 5.29. The average molecular weight is 181 g/mol. The summed E-state index contributed by atoms with van der Waals surface area (Å²) in [6.45, 7) is 6.50. The van der Waals surface area contributed by atoms with Crippen LogP contribution in [-0.2, 0) is 0 Å². The highest BCUT2D eigenvalue weighted by molar-refractivity contribution is 5.17. The van der Waals surface area contributed by atoms with Gasteiger partial charge >= 0.3 is 0 Å². The molecule has 1 N–H and O–H groups in total. The summed E-state index contributed by atoms with van der Waals surface area (Å²) < 4.78 is 0. The van der Waals surface area contributed by atoms with Gasteiger partial charge in [0.1, 0.15) is 0 Å². The number of likely N-dealkylation sites (N-methyl/N-ethyl adjacent to an activating group) is 1. The maximum absolute atomic E-state index is 3.36. The van der Waals surface area contributed by atoms with Crippen LogP contribution in [0.15, 0.2) is 23.8 Å². The molecule has 0 radical (unpaired) electrons. The standard InChI is InChI=1S/C12H23N/c1-5-8-10-11(7-3)12(13-4)9-6-2/h5,8,10,12-13H,6-7,9H2,1-4H3. The molecule has 1 unspecified atom stereocenters. The van der Waals surface area contributed by atoms with E-state index in [-0.39, 0.29) is 0 Å². The normalized spacial score (nSPS) is 15.2. The van der Waals surface area contributed by atoms with Crippen LogP contribution in [0.2, 0.25) is 0 Å². The second-order valence-electron chi connectivity index (χ2n) is 3.25. The second-order valence-corrected chi connectivity index (χ2v) is 3.25. The summed E-state index contributed by atoms with van der Waals surface area (Å²) in [6, 6.07) is 0.561. The highest BCUT2D eigenvalue weighted by Crippen LogP contribution is 2.12. The minimum Gasteiger partial charge on any atom is -0.313 e. The van der Waals surface area contributed by atoms with E-state index in [0.717, 1.165) is 6.42 Å². The van der Waals surface area contributed by atoms with E-state index in [9.17, 15) is 0 Å². The van der Waals surface area contributed by atoms with E-state index >= 15 is 0 Å². The monoisotopic (exact) mass is 181 g/mol. The Balaban J connectivity index is 4.32. The lowest BCUT2D eigenvalue weighted by molar-refractivity contribution is 0.566. The van der Waals surface area contributed by atoms with Crippen molar-refractivity contribution in [1.29, 1.82) is 0 Å². The Hall–Kier alpha value is -0.560. The van der Waals surface area contributed by atoms with Crippen LogP contribution < -0.4 is 5.32 Å². The molecule has 0 heterocycles. The van der Waals surface area contributed by atoms with Crippen LogP contribution in [0.1, 0.15) is 40.0 Å². The van der Waals surface area contributed by atoms with Gasteiger partial charge in [0.05, 0.1) is 0 Å². The minimum absolute atomic E-state index is 0.561. The zero-order chi connectivity index (χ0) is 10.1. The van der Waals surface area contributed by atoms with Gasteiger partial charge in [-0.3, -0.25) is 0 Å². The summed E-state index contributed by atoms with van der Waals surface area (Å²) in [5.74, 6) is 0. The zero-order valence-electron chi connectivity index (χ0n) is 9.43. The SMILES string of the molecule is CC=CC=C(CC)C(CCC)NC. The van der Waals surface area contributed by atoms with Crippen molar-refractivity contribution in [1.82, 2.24) is 5.32 Å². The van der Waals surface area contributed by atoms with Crippen LogP contribution in [-0.4, -0.2) is 13.1 Å². The summed E-state index contributed by atoms with van der Waals surface area (Å²) in [6.07, 6.45) is 10.0. The third-order valence-corrected chi connectivity index (χ3v) is 2.28. The van der Waals surface area contributed by atoms with Gasteiger partial charge in [0, 0.05) is 6.04 Å². The smallest absolute Gasteiger partial charge is 0.0279 e. The van der Waals surface area contributed by atoms with Gasteiger partial charge in [-0.25, -0.2) is 0 Å². The van der Waals surface area contributed by atoms with Gasteiger partial charge in [-0.15, -0.1) is 0 Å². The molecule has 0 amide bonds. The summed E-state index contributed by atoms with van der Waals surface area (Å²) in [5.41, 5.74) is 1.50. The molecule has 1 heteroatoms. The Morgan fingerprint density at radius 1 is 1.38 bits per heavy atom. The molecule has 0 aliphatic heterocycles. The molecule has 0 aromatic heterocycles. The topological polar surface area (TPSA) is 12.0 Å². The number of rotatable bonds is 6. The molecule has 1 nitrogen and oxygen atoms in total. The molecule has 76 valence electrons. The molecule has 0 saturated carbocycles. The first-order chi connectivity index (χ1) is 6.29. The molecule has 0 aliphatic rings. The molecule has 0 saturated heterocycles. The van der Waals surface area contributed by atoms with Crippen LogP contribution in [0.5, 0.6) is 0 Å². The highest BCUT2D eigenvalue weighted by atomic mass is 14.9. The number of hydrogen-bond acceptors (Lipinski definition) is 1. The molecule has 0 aromatic carbocycles. The van der Waals surface area contributed by atoms with Gasteiger partial charge in [-0.1, -0.05) is 44.1 Å². The Kier molecular flexibility index (Phi) is 7.71. The van der Waals surface area contributed by atoms with Crippen molar-refractivity contribution in [2.75, 3.05) is 7.05 Å². The largest absolute Gasteiger partial charge is 0.313 e. The average Bonchev–Trinajstić information content (AvgIpc) is 2.17. The quantitative estimate of drug-likeness (QED) is 0.620. The maximum atomic E-state index is 3.36. The van der Waals surface area contributed by atoms with Gasteiger partial charge in [-0.2, -0.15) is 0 Å². The van der Waals surface area contributed by atoms with Gasteiger partial charge in [-0.05, 0) is 26.8 Å². The predicted molar refractivity (Wildman–Crippen MR) is 60.9 cm³/mol. The zero-order valence-corrected chi connectivity index (χ0v) is 9.43. The van der Waals surface area contributed by atoms with Gasteiger partial charge in [0.2, 0.25) is 0 Å². The third kappa shape index (κ3) is 4.89. The van der Waals surface area contributed by atoms with Crippen molar-refractivity contribution < 1.29 is 0 Å². The Morgan fingerprint density at radius 3 is 2.46 bits per heavy atom. The van der Waals surface area contributed by atoms with Gasteiger partial charge in [0.25, 0.3) is 0 Å². The molecule has 1 atom stereocenters. The summed E-state index contributed by atoms with van der Waals surface area (Å²) >= 11 is 0. The van der Waals surface area contributed by atoms with Crippen molar-refractivity contribution in [3.63, 3.8) is 0 Å². The minimum atomic E-state index is 0.561.